The number of aliphatic hydroxyl groups excluding tert-OH is 2. The number of rotatable bonds is 10. The van der Waals surface area contributed by atoms with Gasteiger partial charge in [0.25, 0.3) is 5.91 Å². The maximum atomic E-state index is 12.7. The van der Waals surface area contributed by atoms with Crippen LogP contribution in [0.3, 0.4) is 0 Å². The number of thioether (sulfide) groups is 1. The van der Waals surface area contributed by atoms with E-state index in [0.717, 1.165) is 36.1 Å². The van der Waals surface area contributed by atoms with E-state index in [9.17, 15) is 24.9 Å². The summed E-state index contributed by atoms with van der Waals surface area (Å²) in [6.07, 6.45) is -0.360. The number of nitrogens with zero attached hydrogens (tertiary/aromatic N) is 1. The van der Waals surface area contributed by atoms with E-state index < -0.39 is 41.8 Å². The fourth-order valence-electron chi connectivity index (χ4n) is 3.43. The molecule has 5 atom stereocenters. The van der Waals surface area contributed by atoms with Crippen molar-refractivity contribution in [2.45, 2.75) is 69.5 Å². The van der Waals surface area contributed by atoms with Crippen LogP contribution < -0.4 is 0 Å². The molecule has 0 bridgehead atoms. The van der Waals surface area contributed by atoms with Crippen LogP contribution in [0.2, 0.25) is 0 Å². The lowest BCUT2D eigenvalue weighted by atomic mass is 9.82. The molecule has 0 saturated heterocycles. The Labute approximate surface area is 168 Å². The summed E-state index contributed by atoms with van der Waals surface area (Å²) in [5, 5.41) is 40.8. The summed E-state index contributed by atoms with van der Waals surface area (Å²) in [7, 11) is 1.31. The minimum atomic E-state index is -1.62. The third-order valence-corrected chi connectivity index (χ3v) is 6.24. The van der Waals surface area contributed by atoms with Gasteiger partial charge in [-0.05, 0) is 19.8 Å². The average Bonchev–Trinajstić information content (AvgIpc) is 2.90. The first-order valence-electron chi connectivity index (χ1n) is 9.34. The van der Waals surface area contributed by atoms with Gasteiger partial charge >= 0.3 is 5.97 Å². The van der Waals surface area contributed by atoms with Crippen molar-refractivity contribution in [2.75, 3.05) is 18.6 Å². The van der Waals surface area contributed by atoms with Gasteiger partial charge in [0.2, 0.25) is 0 Å². The Morgan fingerprint density at radius 1 is 1.43 bits per heavy atom. The molecule has 0 aromatic rings. The van der Waals surface area contributed by atoms with Gasteiger partial charge in [-0.1, -0.05) is 19.8 Å². The quantitative estimate of drug-likeness (QED) is 0.368. The topological polar surface area (TPSA) is 137 Å². The fraction of sp³-hybridized carbons (Fsp3) is 0.778. The maximum absolute atomic E-state index is 12.7. The zero-order valence-corrected chi connectivity index (χ0v) is 17.1. The number of unbranched alkanes of at least 4 members (excludes halogenated alkanes) is 2. The van der Waals surface area contributed by atoms with Crippen LogP contribution in [0.1, 0.15) is 39.5 Å². The molecule has 28 heavy (non-hydrogen) atoms. The lowest BCUT2D eigenvalue weighted by molar-refractivity contribution is -0.176. The van der Waals surface area contributed by atoms with Gasteiger partial charge in [-0.2, -0.15) is 11.8 Å². The number of amides is 1. The molecule has 1 amide bonds. The summed E-state index contributed by atoms with van der Waals surface area (Å²) >= 11 is 1.12. The number of aliphatic hydroxyl groups is 3. The van der Waals surface area contributed by atoms with E-state index in [1.807, 2.05) is 0 Å². The number of carbonyl (C=O) groups excluding carboxylic acids is 1. The second-order valence-corrected chi connectivity index (χ2v) is 8.30. The molecular formula is C18H29NO8S. The predicted octanol–water partition coefficient (Wildman–Crippen LogP) is 0.282. The van der Waals surface area contributed by atoms with Crippen molar-refractivity contribution in [3.05, 3.63) is 11.3 Å². The van der Waals surface area contributed by atoms with Crippen molar-refractivity contribution in [1.29, 1.82) is 0 Å². The molecule has 4 N–H and O–H groups in total. The molecule has 2 aliphatic rings. The van der Waals surface area contributed by atoms with Gasteiger partial charge in [0, 0.05) is 11.5 Å². The van der Waals surface area contributed by atoms with Crippen LogP contribution in [0, 0.1) is 0 Å². The van der Waals surface area contributed by atoms with Crippen LogP contribution in [0.15, 0.2) is 11.3 Å². The van der Waals surface area contributed by atoms with Crippen LogP contribution in [-0.2, 0) is 19.2 Å². The van der Waals surface area contributed by atoms with Crippen molar-refractivity contribution in [2.24, 2.45) is 0 Å². The molecule has 2 heterocycles. The van der Waals surface area contributed by atoms with Crippen LogP contribution in [0.4, 0.5) is 0 Å². The summed E-state index contributed by atoms with van der Waals surface area (Å²) in [5.41, 5.74) is -1.66. The average molecular weight is 419 g/mol. The van der Waals surface area contributed by atoms with Gasteiger partial charge in [0.05, 0.1) is 12.7 Å². The Morgan fingerprint density at radius 3 is 2.68 bits per heavy atom. The second kappa shape index (κ2) is 9.45. The first kappa shape index (κ1) is 23.0. The predicted molar refractivity (Wildman–Crippen MR) is 101 cm³/mol. The Bertz CT molecular complexity index is 623. The molecule has 0 spiro atoms. The van der Waals surface area contributed by atoms with E-state index in [0.29, 0.717) is 6.42 Å². The van der Waals surface area contributed by atoms with Crippen LogP contribution >= 0.6 is 11.8 Å². The zero-order valence-electron chi connectivity index (χ0n) is 16.3. The van der Waals surface area contributed by atoms with Crippen molar-refractivity contribution in [3.63, 3.8) is 0 Å². The lowest BCUT2D eigenvalue weighted by Gasteiger charge is -2.41. The normalized spacial score (nSPS) is 31.0. The zero-order chi connectivity index (χ0) is 21.1. The number of hydroxylamine groups is 2. The number of ether oxygens (including phenoxy) is 1. The third-order valence-electron chi connectivity index (χ3n) is 5.13. The number of hydrogen-bond acceptors (Lipinski definition) is 8. The van der Waals surface area contributed by atoms with Crippen molar-refractivity contribution < 1.29 is 39.6 Å². The largest absolute Gasteiger partial charge is 0.489 e. The molecule has 10 heteroatoms. The molecule has 0 saturated carbocycles. The molecule has 2 rings (SSSR count). The molecule has 0 aromatic heterocycles. The number of carbonyl (C=O) groups is 2. The Morgan fingerprint density at radius 2 is 2.11 bits per heavy atom. The highest BCUT2D eigenvalue weighted by Crippen LogP contribution is 2.42. The van der Waals surface area contributed by atoms with Gasteiger partial charge in [0.1, 0.15) is 29.6 Å². The van der Waals surface area contributed by atoms with E-state index in [-0.39, 0.29) is 22.8 Å². The smallest absolute Gasteiger partial charge is 0.333 e. The van der Waals surface area contributed by atoms with Crippen molar-refractivity contribution >= 4 is 23.6 Å². The summed E-state index contributed by atoms with van der Waals surface area (Å²) < 4.78 is 6.00. The highest BCUT2D eigenvalue weighted by Gasteiger charge is 2.56. The van der Waals surface area contributed by atoms with E-state index in [1.165, 1.54) is 14.0 Å². The first-order chi connectivity index (χ1) is 13.2. The first-order valence-corrected chi connectivity index (χ1v) is 10.5. The second-order valence-electron chi connectivity index (χ2n) is 7.23. The maximum Gasteiger partial charge on any atom is 0.333 e. The Kier molecular flexibility index (Phi) is 7.74. The highest BCUT2D eigenvalue weighted by atomic mass is 32.2. The highest BCUT2D eigenvalue weighted by molar-refractivity contribution is 7.99. The summed E-state index contributed by atoms with van der Waals surface area (Å²) in [4.78, 5) is 28.6. The minimum Gasteiger partial charge on any atom is -0.489 e. The fourth-order valence-corrected chi connectivity index (χ4v) is 4.45. The van der Waals surface area contributed by atoms with Gasteiger partial charge in [-0.15, -0.1) is 0 Å². The number of carboxylic acid groups (broad SMARTS) is 1. The van der Waals surface area contributed by atoms with E-state index >= 15 is 0 Å². The molecule has 0 unspecified atom stereocenters. The molecule has 0 radical (unpaired) electrons. The van der Waals surface area contributed by atoms with Gasteiger partial charge in [-0.3, -0.25) is 9.63 Å². The van der Waals surface area contributed by atoms with Crippen LogP contribution in [0.5, 0.6) is 0 Å². The molecule has 0 fully saturated rings. The molecular weight excluding hydrogens is 390 g/mol. The monoisotopic (exact) mass is 419 g/mol. The van der Waals surface area contributed by atoms with E-state index in [4.69, 9.17) is 14.7 Å². The van der Waals surface area contributed by atoms with Crippen molar-refractivity contribution in [3.8, 4) is 0 Å². The number of carboxylic acids is 1. The summed E-state index contributed by atoms with van der Waals surface area (Å²) in [6, 6.07) is -0.682. The Balaban J connectivity index is 2.21. The van der Waals surface area contributed by atoms with E-state index in [1.54, 1.807) is 0 Å². The van der Waals surface area contributed by atoms with Gasteiger partial charge < -0.3 is 25.2 Å². The molecule has 2 aliphatic heterocycles. The van der Waals surface area contributed by atoms with E-state index in [2.05, 4.69) is 6.92 Å². The van der Waals surface area contributed by atoms with Crippen LogP contribution in [-0.4, -0.2) is 85.9 Å². The standard InChI is InChI=1S/C18H29NO8S/c1-4-5-6-7-12-18(2,25)15(21)13-14(27-12)10(19(26-3)16(13)22)8-28-9-11(20)17(23)24/h10-12,15,20-21,25H,4-9H2,1-3H3,(H,23,24)/t10-,11+,12+,15+,18+/m1/s1. The van der Waals surface area contributed by atoms with Crippen LogP contribution in [0.25, 0.3) is 0 Å². The van der Waals surface area contributed by atoms with Crippen molar-refractivity contribution in [1.82, 2.24) is 5.06 Å². The lowest BCUT2D eigenvalue weighted by Crippen LogP contribution is -2.55. The SMILES string of the molecule is CCCCC[C@@H]1OC2=C(C(=O)N(OC)[C@@H]2CSC[C@H](O)C(=O)O)[C@H](O)[C@@]1(C)O. The molecule has 0 aliphatic carbocycles. The number of hydrogen-bond donors (Lipinski definition) is 4. The minimum absolute atomic E-state index is 0.0389. The third kappa shape index (κ3) is 4.46. The molecule has 160 valence electrons. The van der Waals surface area contributed by atoms with Gasteiger partial charge in [-0.25, -0.2) is 9.86 Å². The Hall–Kier alpha value is -1.33. The molecule has 0 aromatic carbocycles. The molecule has 9 nitrogen and oxygen atoms in total. The summed E-state index contributed by atoms with van der Waals surface area (Å²) in [6.45, 7) is 3.51. The summed E-state index contributed by atoms with van der Waals surface area (Å²) in [5.74, 6) is -1.54. The van der Waals surface area contributed by atoms with Gasteiger partial charge in [0.15, 0.2) is 6.10 Å². The number of aliphatic carboxylic acids is 1.